The molecule has 0 aliphatic carbocycles. The number of nitrogens with one attached hydrogen (secondary N) is 2. The Balaban J connectivity index is 2.55. The van der Waals surface area contributed by atoms with E-state index < -0.39 is 42.2 Å². The molecule has 3 N–H and O–H groups in total. The average Bonchev–Trinajstić information content (AvgIpc) is 2.83. The van der Waals surface area contributed by atoms with E-state index in [0.29, 0.717) is 23.2 Å². The van der Waals surface area contributed by atoms with Gasteiger partial charge in [0.15, 0.2) is 0 Å². The summed E-state index contributed by atoms with van der Waals surface area (Å²) in [5.41, 5.74) is 2.50. The van der Waals surface area contributed by atoms with Crippen molar-refractivity contribution in [3.05, 3.63) is 64.7 Å². The lowest BCUT2D eigenvalue weighted by Crippen LogP contribution is -2.54. The number of carbonyl (C=O) groups excluding carboxylic acids is 3. The largest absolute Gasteiger partial charge is 0.444 e. The van der Waals surface area contributed by atoms with Crippen molar-refractivity contribution >= 4 is 23.6 Å². The first kappa shape index (κ1) is 29.4. The van der Waals surface area contributed by atoms with Crippen molar-refractivity contribution in [3.63, 3.8) is 0 Å². The van der Waals surface area contributed by atoms with Gasteiger partial charge >= 0.3 is 6.09 Å². The van der Waals surface area contributed by atoms with Crippen LogP contribution in [0.15, 0.2) is 42.5 Å². The smallest absolute Gasteiger partial charge is 0.408 e. The molecule has 0 spiro atoms. The summed E-state index contributed by atoms with van der Waals surface area (Å²) < 4.78 is 5.26. The number of rotatable bonds is 9. The number of alkyl carbamates (subject to hydrolysis) is 1. The SMILES string of the molecule is C#Cc1ccccc1C(C(=O)Nc1c(C)cccc1C)N(CCC)C(=O)C(CO)NC(=O)OC(C)(C)C. The van der Waals surface area contributed by atoms with E-state index in [0.717, 1.165) is 11.1 Å². The summed E-state index contributed by atoms with van der Waals surface area (Å²) >= 11 is 0. The lowest BCUT2D eigenvalue weighted by atomic mass is 9.97. The van der Waals surface area contributed by atoms with E-state index in [1.165, 1.54) is 4.90 Å². The third-order valence-electron chi connectivity index (χ3n) is 5.62. The molecule has 0 fully saturated rings. The Kier molecular flexibility index (Phi) is 10.3. The Morgan fingerprint density at radius 1 is 1.08 bits per heavy atom. The summed E-state index contributed by atoms with van der Waals surface area (Å²) in [6.07, 6.45) is 5.42. The number of hydrogen-bond donors (Lipinski definition) is 3. The maximum Gasteiger partial charge on any atom is 0.408 e. The maximum atomic E-state index is 13.9. The fraction of sp³-hybridized carbons (Fsp3) is 0.414. The molecule has 0 heterocycles. The van der Waals surface area contributed by atoms with E-state index in [2.05, 4.69) is 16.6 Å². The third-order valence-corrected chi connectivity index (χ3v) is 5.62. The highest BCUT2D eigenvalue weighted by molar-refractivity contribution is 6.00. The van der Waals surface area contributed by atoms with Crippen LogP contribution in [-0.2, 0) is 14.3 Å². The first-order valence-electron chi connectivity index (χ1n) is 12.3. The van der Waals surface area contributed by atoms with Gasteiger partial charge in [-0.05, 0) is 63.8 Å². The summed E-state index contributed by atoms with van der Waals surface area (Å²) in [4.78, 5) is 41.3. The van der Waals surface area contributed by atoms with E-state index in [9.17, 15) is 19.5 Å². The van der Waals surface area contributed by atoms with Crippen molar-refractivity contribution in [2.45, 2.75) is 65.6 Å². The minimum Gasteiger partial charge on any atom is -0.444 e. The first-order valence-corrected chi connectivity index (χ1v) is 12.3. The number of aliphatic hydroxyl groups is 1. The quantitative estimate of drug-likeness (QED) is 0.443. The van der Waals surface area contributed by atoms with Gasteiger partial charge in [0.2, 0.25) is 5.91 Å². The van der Waals surface area contributed by atoms with Crippen molar-refractivity contribution in [2.24, 2.45) is 0 Å². The number of amides is 3. The van der Waals surface area contributed by atoms with E-state index >= 15 is 0 Å². The van der Waals surface area contributed by atoms with Gasteiger partial charge in [0, 0.05) is 17.8 Å². The molecule has 198 valence electrons. The van der Waals surface area contributed by atoms with Crippen LogP contribution in [0.3, 0.4) is 0 Å². The van der Waals surface area contributed by atoms with Crippen molar-refractivity contribution in [1.82, 2.24) is 10.2 Å². The number of nitrogens with zero attached hydrogens (tertiary/aromatic N) is 1. The van der Waals surface area contributed by atoms with Crippen LogP contribution in [0.5, 0.6) is 0 Å². The lowest BCUT2D eigenvalue weighted by molar-refractivity contribution is -0.141. The number of terminal acetylenes is 1. The van der Waals surface area contributed by atoms with Crippen LogP contribution in [0.4, 0.5) is 10.5 Å². The van der Waals surface area contributed by atoms with Gasteiger partial charge in [0.25, 0.3) is 5.91 Å². The number of hydrogen-bond acceptors (Lipinski definition) is 5. The predicted molar refractivity (Wildman–Crippen MR) is 144 cm³/mol. The molecule has 0 saturated heterocycles. The van der Waals surface area contributed by atoms with E-state index in [-0.39, 0.29) is 6.54 Å². The molecule has 2 aromatic carbocycles. The molecule has 8 heteroatoms. The van der Waals surface area contributed by atoms with Crippen LogP contribution in [0.1, 0.15) is 62.4 Å². The fourth-order valence-electron chi connectivity index (χ4n) is 3.96. The zero-order chi connectivity index (χ0) is 27.8. The minimum atomic E-state index is -1.32. The van der Waals surface area contributed by atoms with Crippen LogP contribution >= 0.6 is 0 Å². The summed E-state index contributed by atoms with van der Waals surface area (Å²) in [6, 6.07) is 10.1. The topological polar surface area (TPSA) is 108 Å². The Labute approximate surface area is 219 Å². The highest BCUT2D eigenvalue weighted by Gasteiger charge is 2.37. The third kappa shape index (κ3) is 7.83. The second kappa shape index (κ2) is 12.9. The van der Waals surface area contributed by atoms with E-state index in [1.54, 1.807) is 45.0 Å². The summed E-state index contributed by atoms with van der Waals surface area (Å²) in [6.45, 7) is 10.2. The second-order valence-corrected chi connectivity index (χ2v) is 9.80. The number of carbonyl (C=O) groups is 3. The number of anilines is 1. The standard InChI is InChI=1S/C29H37N3O5/c1-8-17-32(27(35)23(18-33)30-28(36)37-29(5,6)7)25(22-16-11-10-15-21(22)9-2)26(34)31-24-19(3)13-12-14-20(24)4/h2,10-16,23,25,33H,8,17-18H2,1,3-7H3,(H,30,36)(H,31,34). The summed E-state index contributed by atoms with van der Waals surface area (Å²) in [5, 5.41) is 15.4. The molecule has 37 heavy (non-hydrogen) atoms. The molecule has 8 nitrogen and oxygen atoms in total. The second-order valence-electron chi connectivity index (χ2n) is 9.80. The molecule has 2 rings (SSSR count). The van der Waals surface area contributed by atoms with Crippen LogP contribution in [0, 0.1) is 26.2 Å². The molecule has 0 bridgehead atoms. The Morgan fingerprint density at radius 2 is 1.70 bits per heavy atom. The van der Waals surface area contributed by atoms with E-state index in [1.807, 2.05) is 39.0 Å². The van der Waals surface area contributed by atoms with Gasteiger partial charge in [0.1, 0.15) is 17.7 Å². The van der Waals surface area contributed by atoms with Crippen molar-refractivity contribution in [2.75, 3.05) is 18.5 Å². The van der Waals surface area contributed by atoms with Gasteiger partial charge in [0.05, 0.1) is 6.61 Å². The summed E-state index contributed by atoms with van der Waals surface area (Å²) in [5.74, 6) is 1.50. The molecule has 3 amide bonds. The number of aryl methyl sites for hydroxylation is 2. The van der Waals surface area contributed by atoms with Gasteiger partial charge in [-0.1, -0.05) is 49.2 Å². The van der Waals surface area contributed by atoms with Crippen molar-refractivity contribution in [3.8, 4) is 12.3 Å². The first-order chi connectivity index (χ1) is 17.4. The van der Waals surface area contributed by atoms with Crippen LogP contribution in [0.25, 0.3) is 0 Å². The fourth-order valence-corrected chi connectivity index (χ4v) is 3.96. The Bertz CT molecular complexity index is 1140. The molecule has 0 aliphatic heterocycles. The molecule has 2 aromatic rings. The normalized spacial score (nSPS) is 12.6. The molecule has 0 saturated carbocycles. The van der Waals surface area contributed by atoms with Gasteiger partial charge in [-0.15, -0.1) is 6.42 Å². The average molecular weight is 508 g/mol. The van der Waals surface area contributed by atoms with Crippen molar-refractivity contribution < 1.29 is 24.2 Å². The number of benzene rings is 2. The molecular formula is C29H37N3O5. The molecule has 0 radical (unpaired) electrons. The zero-order valence-corrected chi connectivity index (χ0v) is 22.4. The van der Waals surface area contributed by atoms with Crippen molar-refractivity contribution in [1.29, 1.82) is 0 Å². The Hall–Kier alpha value is -3.83. The van der Waals surface area contributed by atoms with Crippen LogP contribution in [0.2, 0.25) is 0 Å². The monoisotopic (exact) mass is 507 g/mol. The number of para-hydroxylation sites is 1. The number of ether oxygens (including phenoxy) is 1. The Morgan fingerprint density at radius 3 is 2.24 bits per heavy atom. The van der Waals surface area contributed by atoms with Gasteiger partial charge in [-0.2, -0.15) is 0 Å². The lowest BCUT2D eigenvalue weighted by Gasteiger charge is -2.34. The highest BCUT2D eigenvalue weighted by atomic mass is 16.6. The highest BCUT2D eigenvalue weighted by Crippen LogP contribution is 2.29. The zero-order valence-electron chi connectivity index (χ0n) is 22.4. The molecule has 2 unspecified atom stereocenters. The van der Waals surface area contributed by atoms with Crippen LogP contribution in [-0.4, -0.2) is 52.7 Å². The van der Waals surface area contributed by atoms with E-state index in [4.69, 9.17) is 11.2 Å². The summed E-state index contributed by atoms with van der Waals surface area (Å²) in [7, 11) is 0. The molecule has 0 aromatic heterocycles. The number of aliphatic hydroxyl groups excluding tert-OH is 1. The molecule has 0 aliphatic rings. The molecular weight excluding hydrogens is 470 g/mol. The predicted octanol–water partition coefficient (Wildman–Crippen LogP) is 4.09. The minimum absolute atomic E-state index is 0.176. The molecule has 2 atom stereocenters. The maximum absolute atomic E-state index is 13.9. The van der Waals surface area contributed by atoms with Gasteiger partial charge < -0.3 is 25.4 Å². The van der Waals surface area contributed by atoms with Crippen LogP contribution < -0.4 is 10.6 Å². The van der Waals surface area contributed by atoms with Gasteiger partial charge in [-0.25, -0.2) is 4.79 Å². The van der Waals surface area contributed by atoms with Gasteiger partial charge in [-0.3, -0.25) is 9.59 Å².